The van der Waals surface area contributed by atoms with Gasteiger partial charge in [0.05, 0.1) is 0 Å². The maximum absolute atomic E-state index is 5.48. The molecule has 0 aliphatic rings. The van der Waals surface area contributed by atoms with Gasteiger partial charge in [0, 0.05) is 0 Å². The summed E-state index contributed by atoms with van der Waals surface area (Å²) in [6.45, 7) is 1.98. The van der Waals surface area contributed by atoms with E-state index in [0.29, 0.717) is 0 Å². The van der Waals surface area contributed by atoms with Crippen LogP contribution in [0.15, 0.2) is 0 Å². The van der Waals surface area contributed by atoms with Gasteiger partial charge in [-0.2, -0.15) is 0 Å². The van der Waals surface area contributed by atoms with Crippen molar-refractivity contribution >= 4 is 11.3 Å². The average molecular weight is 284 g/mol. The first-order valence-electron chi connectivity index (χ1n) is 3.39. The molecule has 1 aromatic heterocycles. The number of nitrogens with two attached hydrogens (primary N) is 1. The van der Waals surface area contributed by atoms with Gasteiger partial charge in [-0.1, -0.05) is 0 Å². The number of aromatic nitrogens is 2. The average Bonchev–Trinajstić information content (AvgIpc) is 2.37. The van der Waals surface area contributed by atoms with Crippen LogP contribution in [0.3, 0.4) is 0 Å². The van der Waals surface area contributed by atoms with E-state index < -0.39 is 0 Å². The van der Waals surface area contributed by atoms with Crippen molar-refractivity contribution in [3.8, 4) is 0 Å². The van der Waals surface area contributed by atoms with E-state index in [4.69, 9.17) is 3.95 Å². The predicted octanol–water partition coefficient (Wildman–Crippen LogP) is -2.26. The maximum atomic E-state index is 5.48. The summed E-state index contributed by atoms with van der Waals surface area (Å²) in [6, 6.07) is 0. The van der Waals surface area contributed by atoms with E-state index in [1.54, 1.807) is 11.3 Å². The first kappa shape index (κ1) is 9.34. The van der Waals surface area contributed by atoms with E-state index in [-0.39, 0.29) is 21.5 Å². The Morgan fingerprint density at radius 3 is 2.91 bits per heavy atom. The van der Waals surface area contributed by atoms with Gasteiger partial charge in [0.15, 0.2) is 0 Å². The Hall–Kier alpha value is 0.250. The molecule has 0 aliphatic carbocycles. The summed E-state index contributed by atoms with van der Waals surface area (Å²) >= 11 is 1.66. The zero-order chi connectivity index (χ0) is 8.10. The van der Waals surface area contributed by atoms with Crippen LogP contribution >= 0.6 is 11.3 Å². The number of halogens is 1. The Kier molecular flexibility index (Phi) is 4.24. The molecule has 11 heavy (non-hydrogen) atoms. The van der Waals surface area contributed by atoms with E-state index in [2.05, 4.69) is 10.2 Å². The Morgan fingerprint density at radius 1 is 1.55 bits per heavy atom. The fourth-order valence-electron chi connectivity index (χ4n) is 0.734. The van der Waals surface area contributed by atoms with Crippen molar-refractivity contribution in [3.05, 3.63) is 10.0 Å². The first-order chi connectivity index (χ1) is 5.33. The number of alkyl halides is 1. The minimum absolute atomic E-state index is 0.0277. The molecule has 0 bridgehead atoms. The van der Waals surface area contributed by atoms with Gasteiger partial charge in [-0.3, -0.25) is 0 Å². The first-order valence-corrected chi connectivity index (χ1v) is 6.98. The van der Waals surface area contributed by atoms with E-state index in [1.165, 1.54) is 10.8 Å². The molecular formula is C6H11IN3S-. The fraction of sp³-hybridized carbons (Fsp3) is 0.667. The van der Waals surface area contributed by atoms with Crippen LogP contribution in [0.1, 0.15) is 16.4 Å². The number of hydrogen-bond acceptors (Lipinski definition) is 4. The zero-order valence-electron chi connectivity index (χ0n) is 6.38. The van der Waals surface area contributed by atoms with Gasteiger partial charge < -0.3 is 0 Å². The summed E-state index contributed by atoms with van der Waals surface area (Å²) in [5, 5.41) is 10.2. The quantitative estimate of drug-likeness (QED) is 0.294. The van der Waals surface area contributed by atoms with Crippen LogP contribution in [0.25, 0.3) is 0 Å². The van der Waals surface area contributed by atoms with Gasteiger partial charge >= 0.3 is 81.2 Å². The third-order valence-electron chi connectivity index (χ3n) is 1.20. The molecule has 5 heteroatoms. The van der Waals surface area contributed by atoms with Gasteiger partial charge in [0.2, 0.25) is 0 Å². The van der Waals surface area contributed by atoms with Gasteiger partial charge in [-0.25, -0.2) is 0 Å². The van der Waals surface area contributed by atoms with Crippen molar-refractivity contribution < 1.29 is 21.5 Å². The molecule has 0 aromatic carbocycles. The van der Waals surface area contributed by atoms with Gasteiger partial charge in [0.25, 0.3) is 0 Å². The molecule has 0 fully saturated rings. The molecule has 3 nitrogen and oxygen atoms in total. The summed E-state index contributed by atoms with van der Waals surface area (Å²) in [6.07, 6.45) is 2.24. The summed E-state index contributed by atoms with van der Waals surface area (Å²) in [5.74, 6) is 0. The molecule has 0 saturated heterocycles. The van der Waals surface area contributed by atoms with Gasteiger partial charge in [0.1, 0.15) is 0 Å². The van der Waals surface area contributed by atoms with Gasteiger partial charge in [-0.15, -0.1) is 0 Å². The molecule has 0 unspecified atom stereocenters. The van der Waals surface area contributed by atoms with Crippen molar-refractivity contribution in [1.29, 1.82) is 0 Å². The third-order valence-corrected chi connectivity index (χ3v) is 3.49. The summed E-state index contributed by atoms with van der Waals surface area (Å²) < 4.78 is 6.67. The normalized spacial score (nSPS) is 10.7. The van der Waals surface area contributed by atoms with E-state index in [9.17, 15) is 0 Å². The van der Waals surface area contributed by atoms with E-state index >= 15 is 0 Å². The van der Waals surface area contributed by atoms with E-state index in [1.807, 2.05) is 6.92 Å². The van der Waals surface area contributed by atoms with Crippen molar-refractivity contribution in [2.45, 2.75) is 19.8 Å². The number of aryl methyl sites for hydroxylation is 2. The van der Waals surface area contributed by atoms with Crippen molar-refractivity contribution in [1.82, 2.24) is 10.2 Å². The molecule has 1 rings (SSSR count). The number of hydrogen-bond donors (Lipinski definition) is 1. The Morgan fingerprint density at radius 2 is 2.36 bits per heavy atom. The second kappa shape index (κ2) is 5.00. The topological polar surface area (TPSA) is 51.8 Å². The molecule has 0 amide bonds. The standard InChI is InChI=1S/C6H11IN3S/c1-5-9-10-6(11-5)3-2-4-7-8/h2-4,8H2,1H3/q-1. The van der Waals surface area contributed by atoms with E-state index in [0.717, 1.165) is 16.4 Å². The summed E-state index contributed by atoms with van der Waals surface area (Å²) in [7, 11) is 0. The molecule has 1 aromatic rings. The molecule has 0 saturated carbocycles. The molecular weight excluding hydrogens is 273 g/mol. The Labute approximate surface area is 81.0 Å². The molecule has 1 heterocycles. The molecule has 0 atom stereocenters. The van der Waals surface area contributed by atoms with Crippen LogP contribution in [0.4, 0.5) is 0 Å². The van der Waals surface area contributed by atoms with Crippen LogP contribution in [-0.4, -0.2) is 14.6 Å². The second-order valence-electron chi connectivity index (χ2n) is 2.16. The van der Waals surface area contributed by atoms with Crippen molar-refractivity contribution in [2.24, 2.45) is 3.95 Å². The Balaban J connectivity index is 2.27. The fourth-order valence-corrected chi connectivity index (χ4v) is 2.31. The molecule has 0 radical (unpaired) electrons. The molecule has 64 valence electrons. The SMILES string of the molecule is Cc1nnc(CCC[I-]N)s1. The van der Waals surface area contributed by atoms with Crippen LogP contribution in [0.2, 0.25) is 0 Å². The van der Waals surface area contributed by atoms with Crippen molar-refractivity contribution in [3.63, 3.8) is 0 Å². The predicted molar refractivity (Wildman–Crippen MR) is 42.0 cm³/mol. The van der Waals surface area contributed by atoms with Crippen LogP contribution in [-0.2, 0) is 6.42 Å². The molecule has 2 N–H and O–H groups in total. The Bertz CT molecular complexity index is 213. The number of nitrogens with zero attached hydrogens (tertiary/aromatic N) is 2. The third kappa shape index (κ3) is 3.44. The minimum atomic E-state index is -0.0277. The van der Waals surface area contributed by atoms with Crippen LogP contribution < -0.4 is 25.4 Å². The van der Waals surface area contributed by atoms with Gasteiger partial charge in [-0.05, 0) is 0 Å². The number of rotatable bonds is 4. The van der Waals surface area contributed by atoms with Crippen LogP contribution in [0.5, 0.6) is 0 Å². The monoisotopic (exact) mass is 284 g/mol. The molecule has 0 spiro atoms. The zero-order valence-corrected chi connectivity index (χ0v) is 9.35. The van der Waals surface area contributed by atoms with Crippen molar-refractivity contribution in [2.75, 3.05) is 4.43 Å². The summed E-state index contributed by atoms with van der Waals surface area (Å²) in [4.78, 5) is 0. The van der Waals surface area contributed by atoms with Crippen LogP contribution in [0, 0.1) is 6.92 Å². The molecule has 0 aliphatic heterocycles. The second-order valence-corrected chi connectivity index (χ2v) is 5.39. The summed E-state index contributed by atoms with van der Waals surface area (Å²) in [5.41, 5.74) is 0.